The van der Waals surface area contributed by atoms with Crippen LogP contribution in [0.2, 0.25) is 0 Å². The molecule has 3 heterocycles. The van der Waals surface area contributed by atoms with Gasteiger partial charge in [-0.2, -0.15) is 0 Å². The maximum Gasteiger partial charge on any atom is 0.225 e. The highest BCUT2D eigenvalue weighted by Gasteiger charge is 2.34. The van der Waals surface area contributed by atoms with Crippen molar-refractivity contribution in [2.75, 3.05) is 26.2 Å². The first-order valence-electron chi connectivity index (χ1n) is 8.36. The summed E-state index contributed by atoms with van der Waals surface area (Å²) in [5.74, 6) is 1.87. The van der Waals surface area contributed by atoms with Gasteiger partial charge in [0, 0.05) is 44.7 Å². The van der Waals surface area contributed by atoms with E-state index in [-0.39, 0.29) is 0 Å². The number of hydrogen-bond donors (Lipinski definition) is 0. The Morgan fingerprint density at radius 2 is 1.95 bits per heavy atom. The second kappa shape index (κ2) is 5.44. The molecule has 2 aliphatic heterocycles. The van der Waals surface area contributed by atoms with Crippen LogP contribution in [0.4, 0.5) is 0 Å². The van der Waals surface area contributed by atoms with Crippen LogP contribution >= 0.6 is 0 Å². The van der Waals surface area contributed by atoms with E-state index in [1.165, 1.54) is 31.6 Å². The lowest BCUT2D eigenvalue weighted by atomic mass is 10.3. The van der Waals surface area contributed by atoms with Gasteiger partial charge in [0.15, 0.2) is 0 Å². The number of fused-ring (bicyclic) bond motifs is 1. The Morgan fingerprint density at radius 1 is 1.14 bits per heavy atom. The van der Waals surface area contributed by atoms with Gasteiger partial charge in [0.2, 0.25) is 5.91 Å². The number of hydrogen-bond acceptors (Lipinski definition) is 3. The summed E-state index contributed by atoms with van der Waals surface area (Å²) < 4.78 is 2.36. The lowest BCUT2D eigenvalue weighted by Crippen LogP contribution is -2.34. The van der Waals surface area contributed by atoms with Gasteiger partial charge in [-0.1, -0.05) is 0 Å². The zero-order valence-corrected chi connectivity index (χ0v) is 12.6. The molecular formula is C16H24N4O. The maximum absolute atomic E-state index is 12.2. The van der Waals surface area contributed by atoms with Gasteiger partial charge >= 0.3 is 0 Å². The molecule has 114 valence electrons. The quantitative estimate of drug-likeness (QED) is 0.841. The van der Waals surface area contributed by atoms with Crippen LogP contribution in [0.5, 0.6) is 0 Å². The van der Waals surface area contributed by atoms with E-state index in [4.69, 9.17) is 0 Å². The fraction of sp³-hybridized carbons (Fsp3) is 0.750. The van der Waals surface area contributed by atoms with Crippen molar-refractivity contribution in [3.8, 4) is 0 Å². The van der Waals surface area contributed by atoms with E-state index in [0.29, 0.717) is 11.8 Å². The maximum atomic E-state index is 12.2. The number of rotatable bonds is 3. The third kappa shape index (κ3) is 2.71. The number of likely N-dealkylation sites (tertiary alicyclic amines) is 1. The Balaban J connectivity index is 1.45. The zero-order valence-electron chi connectivity index (χ0n) is 12.6. The fourth-order valence-electron chi connectivity index (χ4n) is 3.60. The second-order valence-electron chi connectivity index (χ2n) is 6.65. The normalized spacial score (nSPS) is 23.1. The predicted molar refractivity (Wildman–Crippen MR) is 79.7 cm³/mol. The number of nitrogens with zero attached hydrogens (tertiary/aromatic N) is 4. The topological polar surface area (TPSA) is 41.4 Å². The van der Waals surface area contributed by atoms with Crippen LogP contribution in [0, 0.1) is 5.92 Å². The molecule has 0 N–H and O–H groups in total. The van der Waals surface area contributed by atoms with Crippen LogP contribution in [-0.4, -0.2) is 51.4 Å². The molecule has 0 spiro atoms. The average Bonchev–Trinajstić information content (AvgIpc) is 3.17. The first-order chi connectivity index (χ1) is 10.3. The van der Waals surface area contributed by atoms with Gasteiger partial charge in [0.05, 0.1) is 5.69 Å². The SMILES string of the molecule is O=C(C1CC1)N1CCc2ncc(CN3CCCC3)n2CC1. The summed E-state index contributed by atoms with van der Waals surface area (Å²) in [5, 5.41) is 0. The minimum Gasteiger partial charge on any atom is -0.340 e. The van der Waals surface area contributed by atoms with Crippen LogP contribution in [0.3, 0.4) is 0 Å². The van der Waals surface area contributed by atoms with Crippen LogP contribution in [0.25, 0.3) is 0 Å². The number of aromatic nitrogens is 2. The van der Waals surface area contributed by atoms with E-state index < -0.39 is 0 Å². The van der Waals surface area contributed by atoms with Crippen molar-refractivity contribution in [1.82, 2.24) is 19.4 Å². The molecule has 1 aliphatic carbocycles. The Hall–Kier alpha value is -1.36. The zero-order chi connectivity index (χ0) is 14.2. The number of carbonyl (C=O) groups is 1. The van der Waals surface area contributed by atoms with Crippen LogP contribution in [0.15, 0.2) is 6.20 Å². The Kier molecular flexibility index (Phi) is 3.45. The van der Waals surface area contributed by atoms with Gasteiger partial charge in [-0.15, -0.1) is 0 Å². The van der Waals surface area contributed by atoms with E-state index in [1.54, 1.807) is 0 Å². The molecule has 0 atom stereocenters. The van der Waals surface area contributed by atoms with Crippen molar-refractivity contribution in [1.29, 1.82) is 0 Å². The van der Waals surface area contributed by atoms with Gasteiger partial charge in [0.1, 0.15) is 5.82 Å². The third-order valence-corrected chi connectivity index (χ3v) is 5.04. The van der Waals surface area contributed by atoms with Gasteiger partial charge in [0.25, 0.3) is 0 Å². The van der Waals surface area contributed by atoms with Crippen LogP contribution in [-0.2, 0) is 24.3 Å². The Bertz CT molecular complexity index is 528. The van der Waals surface area contributed by atoms with E-state index >= 15 is 0 Å². The monoisotopic (exact) mass is 288 g/mol. The summed E-state index contributed by atoms with van der Waals surface area (Å²) >= 11 is 0. The van der Waals surface area contributed by atoms with Crippen molar-refractivity contribution >= 4 is 5.91 Å². The first kappa shape index (κ1) is 13.3. The minimum absolute atomic E-state index is 0.333. The minimum atomic E-state index is 0.333. The molecule has 1 aromatic rings. The predicted octanol–water partition coefficient (Wildman–Crippen LogP) is 1.27. The molecule has 0 radical (unpaired) electrons. The molecule has 1 aromatic heterocycles. The molecule has 2 fully saturated rings. The second-order valence-corrected chi connectivity index (χ2v) is 6.65. The smallest absolute Gasteiger partial charge is 0.225 e. The van der Waals surface area contributed by atoms with Gasteiger partial charge in [-0.25, -0.2) is 4.98 Å². The summed E-state index contributed by atoms with van der Waals surface area (Å²) in [4.78, 5) is 21.4. The molecule has 4 rings (SSSR count). The summed E-state index contributed by atoms with van der Waals surface area (Å²) in [6, 6.07) is 0. The first-order valence-corrected chi connectivity index (χ1v) is 8.36. The van der Waals surface area contributed by atoms with Crippen LogP contribution in [0.1, 0.15) is 37.2 Å². The van der Waals surface area contributed by atoms with Crippen molar-refractivity contribution in [3.63, 3.8) is 0 Å². The molecule has 3 aliphatic rings. The van der Waals surface area contributed by atoms with Gasteiger partial charge in [-0.05, 0) is 38.8 Å². The van der Waals surface area contributed by atoms with Crippen molar-refractivity contribution in [2.45, 2.75) is 45.2 Å². The molecule has 21 heavy (non-hydrogen) atoms. The van der Waals surface area contributed by atoms with Crippen LogP contribution < -0.4 is 0 Å². The van der Waals surface area contributed by atoms with E-state index in [1.807, 2.05) is 6.20 Å². The molecule has 1 saturated carbocycles. The molecule has 0 aromatic carbocycles. The fourth-order valence-corrected chi connectivity index (χ4v) is 3.60. The highest BCUT2D eigenvalue weighted by Crippen LogP contribution is 2.31. The van der Waals surface area contributed by atoms with Crippen molar-refractivity contribution < 1.29 is 4.79 Å². The summed E-state index contributed by atoms with van der Waals surface area (Å²) in [6.45, 7) is 6.06. The Labute approximate surface area is 125 Å². The van der Waals surface area contributed by atoms with E-state index in [9.17, 15) is 4.79 Å². The van der Waals surface area contributed by atoms with E-state index in [2.05, 4.69) is 19.4 Å². The highest BCUT2D eigenvalue weighted by atomic mass is 16.2. The average molecular weight is 288 g/mol. The molecule has 1 saturated heterocycles. The summed E-state index contributed by atoms with van der Waals surface area (Å²) in [7, 11) is 0. The number of imidazole rings is 1. The lowest BCUT2D eigenvalue weighted by molar-refractivity contribution is -0.132. The summed E-state index contributed by atoms with van der Waals surface area (Å²) in [5.41, 5.74) is 1.33. The largest absolute Gasteiger partial charge is 0.340 e. The van der Waals surface area contributed by atoms with Gasteiger partial charge < -0.3 is 9.47 Å². The van der Waals surface area contributed by atoms with Crippen molar-refractivity contribution in [2.24, 2.45) is 5.92 Å². The molecular weight excluding hydrogens is 264 g/mol. The molecule has 5 heteroatoms. The van der Waals surface area contributed by atoms with Crippen molar-refractivity contribution in [3.05, 3.63) is 17.7 Å². The molecule has 1 amide bonds. The standard InChI is InChI=1S/C16H24N4O/c21-16(13-3-4-13)19-8-5-15-17-11-14(20(15)10-9-19)12-18-6-1-2-7-18/h11,13H,1-10,12H2. The highest BCUT2D eigenvalue weighted by molar-refractivity contribution is 5.81. The Morgan fingerprint density at radius 3 is 2.71 bits per heavy atom. The number of carbonyl (C=O) groups excluding carboxylic acids is 1. The van der Waals surface area contributed by atoms with E-state index in [0.717, 1.165) is 51.3 Å². The molecule has 0 bridgehead atoms. The lowest BCUT2D eigenvalue weighted by Gasteiger charge is -2.20. The molecule has 0 unspecified atom stereocenters. The number of amides is 1. The summed E-state index contributed by atoms with van der Waals surface area (Å²) in [6.07, 6.45) is 7.79. The molecule has 5 nitrogen and oxygen atoms in total. The van der Waals surface area contributed by atoms with Gasteiger partial charge in [-0.3, -0.25) is 9.69 Å². The third-order valence-electron chi connectivity index (χ3n) is 5.04.